The number of nitrogens with two attached hydrogens (primary N) is 2. The van der Waals surface area contributed by atoms with E-state index in [1.54, 1.807) is 30.3 Å². The summed E-state index contributed by atoms with van der Waals surface area (Å²) in [5.74, 6) is 0. The molecule has 2 aromatic carbocycles. The predicted octanol–water partition coefficient (Wildman–Crippen LogP) is 2.37. The van der Waals surface area contributed by atoms with E-state index in [0.29, 0.717) is 22.0 Å². The minimum Gasteiger partial charge on any atom is -0.389 e. The van der Waals surface area contributed by atoms with Crippen LogP contribution in [0.2, 0.25) is 5.02 Å². The summed E-state index contributed by atoms with van der Waals surface area (Å²) in [6.45, 7) is 0. The van der Waals surface area contributed by atoms with Gasteiger partial charge < -0.3 is 11.1 Å². The van der Waals surface area contributed by atoms with Crippen LogP contribution in [0.4, 0.5) is 11.4 Å². The molecule has 0 saturated heterocycles. The monoisotopic (exact) mass is 341 g/mol. The maximum atomic E-state index is 11.4. The summed E-state index contributed by atoms with van der Waals surface area (Å²) >= 11 is 10.9. The third-order valence-electron chi connectivity index (χ3n) is 2.69. The quantitative estimate of drug-likeness (QED) is 0.741. The van der Waals surface area contributed by atoms with Gasteiger partial charge in [0.05, 0.1) is 10.6 Å². The summed E-state index contributed by atoms with van der Waals surface area (Å²) in [4.78, 5) is 0.211. The molecular formula is C13H12ClN3O2S2. The summed E-state index contributed by atoms with van der Waals surface area (Å²) in [6, 6.07) is 11.1. The highest BCUT2D eigenvalue weighted by atomic mass is 35.5. The van der Waals surface area contributed by atoms with Crippen LogP contribution in [-0.2, 0) is 10.0 Å². The van der Waals surface area contributed by atoms with Crippen molar-refractivity contribution in [3.8, 4) is 0 Å². The molecule has 2 rings (SSSR count). The van der Waals surface area contributed by atoms with Crippen molar-refractivity contribution in [2.24, 2.45) is 10.9 Å². The first kappa shape index (κ1) is 15.7. The Labute approximate surface area is 133 Å². The van der Waals surface area contributed by atoms with E-state index in [2.05, 4.69) is 5.32 Å². The molecule has 0 fully saturated rings. The molecule has 0 amide bonds. The molecule has 5 N–H and O–H groups in total. The van der Waals surface area contributed by atoms with E-state index in [4.69, 9.17) is 34.7 Å². The fourth-order valence-corrected chi connectivity index (χ4v) is 2.65. The van der Waals surface area contributed by atoms with Gasteiger partial charge in [-0.1, -0.05) is 29.9 Å². The van der Waals surface area contributed by atoms with E-state index in [9.17, 15) is 8.42 Å². The molecule has 21 heavy (non-hydrogen) atoms. The normalized spacial score (nSPS) is 11.1. The Balaban J connectivity index is 2.43. The maximum absolute atomic E-state index is 11.4. The van der Waals surface area contributed by atoms with Crippen LogP contribution in [0.5, 0.6) is 0 Å². The fourth-order valence-electron chi connectivity index (χ4n) is 1.74. The minimum absolute atomic E-state index is 0.00593. The summed E-state index contributed by atoms with van der Waals surface area (Å²) in [6.07, 6.45) is 0. The van der Waals surface area contributed by atoms with Gasteiger partial charge in [-0.25, -0.2) is 13.6 Å². The lowest BCUT2D eigenvalue weighted by molar-refractivity contribution is 0.598. The van der Waals surface area contributed by atoms with Gasteiger partial charge in [0.15, 0.2) is 0 Å². The van der Waals surface area contributed by atoms with Gasteiger partial charge in [-0.05, 0) is 36.4 Å². The van der Waals surface area contributed by atoms with Gasteiger partial charge in [-0.3, -0.25) is 0 Å². The molecule has 0 aliphatic heterocycles. The highest BCUT2D eigenvalue weighted by Crippen LogP contribution is 2.25. The topological polar surface area (TPSA) is 98.2 Å². The average Bonchev–Trinajstić information content (AvgIpc) is 2.37. The van der Waals surface area contributed by atoms with Crippen LogP contribution in [0.15, 0.2) is 47.4 Å². The van der Waals surface area contributed by atoms with Crippen molar-refractivity contribution >= 4 is 50.2 Å². The van der Waals surface area contributed by atoms with Crippen LogP contribution in [0.1, 0.15) is 5.56 Å². The first-order valence-corrected chi connectivity index (χ1v) is 8.10. The van der Waals surface area contributed by atoms with Crippen LogP contribution in [0.25, 0.3) is 0 Å². The standard InChI is InChI=1S/C13H12ClN3O2S2/c14-8-4-5-11(13(15)20)12(6-8)17-9-2-1-3-10(7-9)21(16,18)19/h1-7,17H,(H2,15,20)(H2,16,18,19). The molecule has 5 nitrogen and oxygen atoms in total. The second-order valence-electron chi connectivity index (χ2n) is 4.25. The highest BCUT2D eigenvalue weighted by Gasteiger charge is 2.10. The van der Waals surface area contributed by atoms with Crippen LogP contribution in [-0.4, -0.2) is 13.4 Å². The van der Waals surface area contributed by atoms with E-state index in [1.807, 2.05) is 0 Å². The van der Waals surface area contributed by atoms with Gasteiger partial charge in [0.2, 0.25) is 10.0 Å². The van der Waals surface area contributed by atoms with E-state index in [1.165, 1.54) is 12.1 Å². The van der Waals surface area contributed by atoms with Crippen LogP contribution in [0, 0.1) is 0 Å². The molecule has 0 aromatic heterocycles. The number of hydrogen-bond donors (Lipinski definition) is 3. The Hall–Kier alpha value is -1.67. The number of nitrogens with one attached hydrogen (secondary N) is 1. The van der Waals surface area contributed by atoms with Crippen LogP contribution < -0.4 is 16.2 Å². The molecule has 0 aliphatic carbocycles. The number of benzene rings is 2. The molecule has 0 radical (unpaired) electrons. The summed E-state index contributed by atoms with van der Waals surface area (Å²) < 4.78 is 22.7. The van der Waals surface area contributed by atoms with Gasteiger partial charge in [-0.15, -0.1) is 0 Å². The van der Waals surface area contributed by atoms with Gasteiger partial charge in [0.25, 0.3) is 0 Å². The van der Waals surface area contributed by atoms with E-state index < -0.39 is 10.0 Å². The number of halogens is 1. The molecule has 0 unspecified atom stereocenters. The zero-order chi connectivity index (χ0) is 15.6. The molecule has 0 bridgehead atoms. The molecule has 8 heteroatoms. The van der Waals surface area contributed by atoms with Crippen molar-refractivity contribution in [3.63, 3.8) is 0 Å². The van der Waals surface area contributed by atoms with Gasteiger partial charge in [0, 0.05) is 16.3 Å². The minimum atomic E-state index is -3.77. The van der Waals surface area contributed by atoms with Gasteiger partial charge in [0.1, 0.15) is 4.99 Å². The van der Waals surface area contributed by atoms with E-state index >= 15 is 0 Å². The average molecular weight is 342 g/mol. The smallest absolute Gasteiger partial charge is 0.238 e. The third-order valence-corrected chi connectivity index (χ3v) is 4.05. The molecule has 0 heterocycles. The van der Waals surface area contributed by atoms with Crippen molar-refractivity contribution in [1.82, 2.24) is 0 Å². The number of thiocarbonyl (C=S) groups is 1. The zero-order valence-corrected chi connectivity index (χ0v) is 13.1. The number of rotatable bonds is 4. The molecule has 0 atom stereocenters. The molecule has 110 valence electrons. The Bertz CT molecular complexity index is 807. The Kier molecular flexibility index (Phi) is 4.48. The van der Waals surface area contributed by atoms with Crippen molar-refractivity contribution in [3.05, 3.63) is 53.1 Å². The fraction of sp³-hybridized carbons (Fsp3) is 0. The molecule has 0 spiro atoms. The van der Waals surface area contributed by atoms with Gasteiger partial charge in [-0.2, -0.15) is 0 Å². The largest absolute Gasteiger partial charge is 0.389 e. The van der Waals surface area contributed by atoms with Crippen LogP contribution >= 0.6 is 23.8 Å². The molecule has 0 aliphatic rings. The second-order valence-corrected chi connectivity index (χ2v) is 6.69. The lowest BCUT2D eigenvalue weighted by Gasteiger charge is -2.12. The Morgan fingerprint density at radius 3 is 2.52 bits per heavy atom. The summed E-state index contributed by atoms with van der Waals surface area (Å²) in [5, 5.41) is 8.64. The van der Waals surface area contributed by atoms with Crippen molar-refractivity contribution in [2.45, 2.75) is 4.90 Å². The van der Waals surface area contributed by atoms with E-state index in [-0.39, 0.29) is 9.88 Å². The number of primary sulfonamides is 1. The lowest BCUT2D eigenvalue weighted by Crippen LogP contribution is -2.13. The van der Waals surface area contributed by atoms with E-state index in [0.717, 1.165) is 0 Å². The number of sulfonamides is 1. The number of anilines is 2. The molecule has 0 saturated carbocycles. The zero-order valence-electron chi connectivity index (χ0n) is 10.7. The molecular weight excluding hydrogens is 330 g/mol. The second kappa shape index (κ2) is 5.98. The predicted molar refractivity (Wildman–Crippen MR) is 88.4 cm³/mol. The van der Waals surface area contributed by atoms with Crippen molar-refractivity contribution < 1.29 is 8.42 Å². The van der Waals surface area contributed by atoms with Crippen molar-refractivity contribution in [2.75, 3.05) is 5.32 Å². The molecule has 2 aromatic rings. The summed E-state index contributed by atoms with van der Waals surface area (Å²) in [5.41, 5.74) is 7.37. The first-order valence-electron chi connectivity index (χ1n) is 5.76. The SMILES string of the molecule is NC(=S)c1ccc(Cl)cc1Nc1cccc(S(N)(=O)=O)c1. The summed E-state index contributed by atoms with van der Waals surface area (Å²) in [7, 11) is -3.77. The highest BCUT2D eigenvalue weighted by molar-refractivity contribution is 7.89. The van der Waals surface area contributed by atoms with Gasteiger partial charge >= 0.3 is 0 Å². The van der Waals surface area contributed by atoms with Crippen molar-refractivity contribution in [1.29, 1.82) is 0 Å². The third kappa shape index (κ3) is 3.92. The maximum Gasteiger partial charge on any atom is 0.238 e. The number of hydrogen-bond acceptors (Lipinski definition) is 4. The van der Waals surface area contributed by atoms with Crippen LogP contribution in [0.3, 0.4) is 0 Å². The lowest BCUT2D eigenvalue weighted by atomic mass is 10.1. The Morgan fingerprint density at radius 2 is 1.90 bits per heavy atom. The first-order chi connectivity index (χ1) is 9.77. The Morgan fingerprint density at radius 1 is 1.19 bits per heavy atom.